The molecular formula is C51H90N8O23. The van der Waals surface area contributed by atoms with Crippen molar-refractivity contribution in [1.29, 1.82) is 0 Å². The molecule has 0 saturated carbocycles. The molecule has 31 nitrogen and oxygen atoms in total. The zero-order valence-corrected chi connectivity index (χ0v) is 47.4. The fourth-order valence-corrected chi connectivity index (χ4v) is 9.14. The van der Waals surface area contributed by atoms with Crippen LogP contribution in [-0.4, -0.2) is 268 Å². The number of aliphatic hydroxyl groups excluding tert-OH is 9. The zero-order chi connectivity index (χ0) is 61.1. The standard InChI is InChI=1S/C51H90N8O23/c1-27(2)54-48(76)31(58-37(68)14-8-11-23-79-51-41(57-30(5)65)47(75)44(72)34(26-62)82-51)15-16-38(69)59(19-17-52-35(66)12-6-9-21-77-49-39(55-28(3)63)45(73)42(70)32(24-60)80-49)20-18-53-36(67)13-7-10-22-78-50-40(56-29(4)64)46(74)43(71)33(25-61)81-50/h27,31-34,39-47,49-51,60-62,70-75H,6-26H2,1-5H3,(H,52,66)(H,53,67)(H,54,76)(H,55,63)(H,56,64)(H,57,65)(H,58,68)/t31-,32?,33?,34?,39?,40?,41?,42?,43?,44?,45?,46?,47?,49?,50?,51?/m0/s1. The molecule has 15 unspecified atom stereocenters. The summed E-state index contributed by atoms with van der Waals surface area (Å²) in [5.74, 6) is -3.84. The molecular weight excluding hydrogens is 1090 g/mol. The van der Waals surface area contributed by atoms with E-state index in [9.17, 15) is 84.3 Å². The summed E-state index contributed by atoms with van der Waals surface area (Å²) in [4.78, 5) is 103. The number of amides is 8. The number of hydrogen-bond donors (Lipinski definition) is 16. The van der Waals surface area contributed by atoms with E-state index in [1.165, 1.54) is 25.7 Å². The van der Waals surface area contributed by atoms with Crippen molar-refractivity contribution in [3.63, 3.8) is 0 Å². The number of ether oxygens (including phenoxy) is 6. The minimum absolute atomic E-state index is 0.0160. The minimum Gasteiger partial charge on any atom is -0.394 e. The van der Waals surface area contributed by atoms with E-state index in [1.807, 2.05) is 0 Å². The Morgan fingerprint density at radius 1 is 0.476 bits per heavy atom. The first-order valence-electron chi connectivity index (χ1n) is 27.9. The zero-order valence-electron chi connectivity index (χ0n) is 47.4. The number of aliphatic hydroxyl groups is 9. The normalized spacial score (nSPS) is 28.5. The predicted molar refractivity (Wildman–Crippen MR) is 283 cm³/mol. The Hall–Kier alpha value is -4.84. The molecule has 0 aliphatic carbocycles. The molecule has 31 heteroatoms. The van der Waals surface area contributed by atoms with Crippen molar-refractivity contribution >= 4 is 47.3 Å². The third-order valence-electron chi connectivity index (χ3n) is 13.5. The summed E-state index contributed by atoms with van der Waals surface area (Å²) >= 11 is 0. The first kappa shape index (κ1) is 71.4. The fourth-order valence-electron chi connectivity index (χ4n) is 9.14. The number of nitrogens with zero attached hydrogens (tertiary/aromatic N) is 1. The number of carbonyl (C=O) groups is 8. The lowest BCUT2D eigenvalue weighted by atomic mass is 9.97. The molecule has 0 bridgehead atoms. The van der Waals surface area contributed by atoms with Crippen LogP contribution in [0.5, 0.6) is 0 Å². The van der Waals surface area contributed by atoms with Crippen molar-refractivity contribution in [3.05, 3.63) is 0 Å². The maximum absolute atomic E-state index is 13.9. The van der Waals surface area contributed by atoms with E-state index in [0.29, 0.717) is 25.7 Å². The van der Waals surface area contributed by atoms with Crippen molar-refractivity contribution in [2.24, 2.45) is 0 Å². The third-order valence-corrected chi connectivity index (χ3v) is 13.5. The second-order valence-corrected chi connectivity index (χ2v) is 20.7. The van der Waals surface area contributed by atoms with Crippen molar-refractivity contribution in [3.8, 4) is 0 Å². The van der Waals surface area contributed by atoms with Gasteiger partial charge in [-0.15, -0.1) is 0 Å². The molecule has 16 atom stereocenters. The van der Waals surface area contributed by atoms with Crippen LogP contribution >= 0.6 is 0 Å². The first-order valence-corrected chi connectivity index (χ1v) is 27.9. The Morgan fingerprint density at radius 3 is 1.13 bits per heavy atom. The first-order chi connectivity index (χ1) is 38.9. The van der Waals surface area contributed by atoms with Gasteiger partial charge in [-0.05, 0) is 58.8 Å². The molecule has 0 radical (unpaired) electrons. The highest BCUT2D eigenvalue weighted by atomic mass is 16.7. The summed E-state index contributed by atoms with van der Waals surface area (Å²) in [5.41, 5.74) is 0. The molecule has 3 rings (SSSR count). The molecule has 3 aliphatic rings. The molecule has 0 aromatic heterocycles. The van der Waals surface area contributed by atoms with Gasteiger partial charge >= 0.3 is 0 Å². The molecule has 0 aromatic rings. The molecule has 3 fully saturated rings. The van der Waals surface area contributed by atoms with Gasteiger partial charge in [0, 0.05) is 98.5 Å². The highest BCUT2D eigenvalue weighted by Crippen LogP contribution is 2.25. The van der Waals surface area contributed by atoms with Gasteiger partial charge < -0.3 is 116 Å². The van der Waals surface area contributed by atoms with Gasteiger partial charge in [0.2, 0.25) is 47.3 Å². The second-order valence-electron chi connectivity index (χ2n) is 20.7. The SMILES string of the molecule is CC(=O)NC1C(OCCCCC(=O)NCCN(CCNC(=O)CCCCOC2OC(CO)C(O)C(O)C2NC(C)=O)C(=O)CC[C@H](NC(=O)CCCCOC2OC(CO)C(O)C(O)C2NC(C)=O)C(=O)NC(C)C)OC(CO)C(O)C1O. The largest absolute Gasteiger partial charge is 0.394 e. The van der Waals surface area contributed by atoms with E-state index >= 15 is 0 Å². The molecule has 0 spiro atoms. The van der Waals surface area contributed by atoms with Gasteiger partial charge in [-0.2, -0.15) is 0 Å². The summed E-state index contributed by atoms with van der Waals surface area (Å²) < 4.78 is 33.8. The predicted octanol–water partition coefficient (Wildman–Crippen LogP) is -6.77. The van der Waals surface area contributed by atoms with Gasteiger partial charge in [-0.3, -0.25) is 38.4 Å². The summed E-state index contributed by atoms with van der Waals surface area (Å²) in [6, 6.07) is -4.89. The number of hydrogen-bond acceptors (Lipinski definition) is 23. The number of nitrogens with one attached hydrogen (secondary N) is 7. The fraction of sp³-hybridized carbons (Fsp3) is 0.843. The monoisotopic (exact) mass is 1180 g/mol. The molecule has 472 valence electrons. The summed E-state index contributed by atoms with van der Waals surface area (Å²) in [6.07, 6.45) is -14.7. The number of rotatable bonds is 36. The lowest BCUT2D eigenvalue weighted by Gasteiger charge is -2.42. The topological polar surface area (TPSA) is 461 Å². The highest BCUT2D eigenvalue weighted by Gasteiger charge is 2.48. The highest BCUT2D eigenvalue weighted by molar-refractivity contribution is 5.88. The van der Waals surface area contributed by atoms with Gasteiger partial charge in [0.15, 0.2) is 18.9 Å². The smallest absolute Gasteiger partial charge is 0.242 e. The van der Waals surface area contributed by atoms with Crippen LogP contribution in [0.1, 0.15) is 105 Å². The van der Waals surface area contributed by atoms with E-state index < -0.39 is 153 Å². The average molecular weight is 1180 g/mol. The van der Waals surface area contributed by atoms with Crippen LogP contribution < -0.4 is 37.2 Å². The summed E-state index contributed by atoms with van der Waals surface area (Å²) in [5, 5.41) is 109. The molecule has 8 amide bonds. The number of unbranched alkanes of at least 4 members (excludes halogenated alkanes) is 3. The van der Waals surface area contributed by atoms with Gasteiger partial charge in [-0.1, -0.05) is 0 Å². The van der Waals surface area contributed by atoms with Crippen LogP contribution in [0.4, 0.5) is 0 Å². The molecule has 82 heavy (non-hydrogen) atoms. The maximum Gasteiger partial charge on any atom is 0.242 e. The van der Waals surface area contributed by atoms with E-state index in [4.69, 9.17) is 28.4 Å². The Balaban J connectivity index is 1.58. The Bertz CT molecular complexity index is 1920. The summed E-state index contributed by atoms with van der Waals surface area (Å²) in [6.45, 7) is 5.14. The van der Waals surface area contributed by atoms with Crippen molar-refractivity contribution in [2.45, 2.75) is 209 Å². The molecule has 3 heterocycles. The third kappa shape index (κ3) is 24.4. The van der Waals surface area contributed by atoms with Crippen LogP contribution in [-0.2, 0) is 66.8 Å². The Labute approximate surface area is 476 Å². The van der Waals surface area contributed by atoms with Crippen LogP contribution in [0.15, 0.2) is 0 Å². The van der Waals surface area contributed by atoms with Gasteiger partial charge in [0.05, 0.1) is 19.8 Å². The second kappa shape index (κ2) is 37.5. The van der Waals surface area contributed by atoms with Crippen molar-refractivity contribution in [2.75, 3.05) is 65.8 Å². The van der Waals surface area contributed by atoms with Crippen LogP contribution in [0.2, 0.25) is 0 Å². The van der Waals surface area contributed by atoms with E-state index in [-0.39, 0.29) is 109 Å². The molecule has 16 N–H and O–H groups in total. The molecule has 3 aliphatic heterocycles. The lowest BCUT2D eigenvalue weighted by molar-refractivity contribution is -0.270. The van der Waals surface area contributed by atoms with Crippen molar-refractivity contribution in [1.82, 2.24) is 42.1 Å². The van der Waals surface area contributed by atoms with Gasteiger partial charge in [0.1, 0.15) is 79.1 Å². The lowest BCUT2D eigenvalue weighted by Crippen LogP contribution is -2.64. The Kier molecular flexibility index (Phi) is 32.6. The van der Waals surface area contributed by atoms with Gasteiger partial charge in [-0.25, -0.2) is 0 Å². The van der Waals surface area contributed by atoms with E-state index in [2.05, 4.69) is 37.2 Å². The maximum atomic E-state index is 13.9. The molecule has 3 saturated heterocycles. The average Bonchev–Trinajstić information content (AvgIpc) is 3.63. The summed E-state index contributed by atoms with van der Waals surface area (Å²) in [7, 11) is 0. The van der Waals surface area contributed by atoms with Crippen LogP contribution in [0.25, 0.3) is 0 Å². The van der Waals surface area contributed by atoms with Crippen LogP contribution in [0.3, 0.4) is 0 Å². The quantitative estimate of drug-likeness (QED) is 0.0259. The number of carbonyl (C=O) groups excluding carboxylic acids is 8. The Morgan fingerprint density at radius 2 is 0.817 bits per heavy atom. The van der Waals surface area contributed by atoms with Crippen LogP contribution in [0, 0.1) is 0 Å². The van der Waals surface area contributed by atoms with Crippen molar-refractivity contribution < 1.29 is 113 Å². The minimum atomic E-state index is -1.50. The van der Waals surface area contributed by atoms with Gasteiger partial charge in [0.25, 0.3) is 0 Å². The van der Waals surface area contributed by atoms with E-state index in [0.717, 1.165) is 0 Å². The molecule has 0 aromatic carbocycles. The van der Waals surface area contributed by atoms with E-state index in [1.54, 1.807) is 13.8 Å².